The maximum absolute atomic E-state index is 13.3. The van der Waals surface area contributed by atoms with Gasteiger partial charge in [-0.15, -0.1) is 5.10 Å². The van der Waals surface area contributed by atoms with Crippen LogP contribution in [0.1, 0.15) is 18.4 Å². The smallest absolute Gasteiger partial charge is 0.271 e. The summed E-state index contributed by atoms with van der Waals surface area (Å²) < 4.78 is 14.7. The van der Waals surface area contributed by atoms with Gasteiger partial charge in [0.2, 0.25) is 5.91 Å². The first-order valence-electron chi connectivity index (χ1n) is 10.1. The lowest BCUT2D eigenvalue weighted by Gasteiger charge is -2.32. The van der Waals surface area contributed by atoms with E-state index in [1.165, 1.54) is 22.9 Å². The number of carbonyl (C=O) groups excluding carboxylic acids is 1. The van der Waals surface area contributed by atoms with Crippen LogP contribution < -0.4 is 15.8 Å². The molecule has 2 aromatic carbocycles. The molecule has 0 aliphatic carbocycles. The number of halogens is 2. The number of piperidine rings is 1. The van der Waals surface area contributed by atoms with Crippen molar-refractivity contribution in [1.82, 2.24) is 9.78 Å². The number of hydrogen-bond donors (Lipinski definition) is 1. The minimum Gasteiger partial charge on any atom is -0.355 e. The molecule has 1 amide bonds. The third kappa shape index (κ3) is 4.77. The Labute approximate surface area is 184 Å². The van der Waals surface area contributed by atoms with E-state index in [0.717, 1.165) is 5.56 Å². The number of nitrogens with zero attached hydrogens (tertiary/aromatic N) is 3. The maximum Gasteiger partial charge on any atom is 0.271 e. The van der Waals surface area contributed by atoms with E-state index in [1.54, 1.807) is 24.3 Å². The predicted octanol–water partition coefficient (Wildman–Crippen LogP) is 4.19. The van der Waals surface area contributed by atoms with Crippen molar-refractivity contribution >= 4 is 29.0 Å². The molecule has 3 aromatic rings. The van der Waals surface area contributed by atoms with Gasteiger partial charge in [-0.2, -0.15) is 4.68 Å². The summed E-state index contributed by atoms with van der Waals surface area (Å²) in [4.78, 5) is 26.9. The van der Waals surface area contributed by atoms with Crippen LogP contribution in [0, 0.1) is 18.7 Å². The van der Waals surface area contributed by atoms with Crippen LogP contribution in [0.3, 0.4) is 0 Å². The highest BCUT2D eigenvalue weighted by atomic mass is 35.5. The Kier molecular flexibility index (Phi) is 6.04. The van der Waals surface area contributed by atoms with E-state index in [-0.39, 0.29) is 23.2 Å². The third-order valence-electron chi connectivity index (χ3n) is 5.47. The van der Waals surface area contributed by atoms with Crippen molar-refractivity contribution in [2.24, 2.45) is 5.92 Å². The molecule has 1 aromatic heterocycles. The van der Waals surface area contributed by atoms with Crippen LogP contribution in [0.15, 0.2) is 59.4 Å². The molecule has 0 bridgehead atoms. The van der Waals surface area contributed by atoms with Gasteiger partial charge in [0.1, 0.15) is 11.6 Å². The molecule has 0 spiro atoms. The number of rotatable bonds is 4. The molecule has 1 saturated heterocycles. The summed E-state index contributed by atoms with van der Waals surface area (Å²) in [6, 6.07) is 14.4. The number of hydrogen-bond acceptors (Lipinski definition) is 4. The fourth-order valence-corrected chi connectivity index (χ4v) is 3.82. The monoisotopic (exact) mass is 440 g/mol. The number of anilines is 2. The summed E-state index contributed by atoms with van der Waals surface area (Å²) in [7, 11) is 0. The van der Waals surface area contributed by atoms with E-state index in [9.17, 15) is 14.0 Å². The molecule has 0 unspecified atom stereocenters. The summed E-state index contributed by atoms with van der Waals surface area (Å²) in [6.45, 7) is 3.15. The average Bonchev–Trinajstić information content (AvgIpc) is 2.76. The highest BCUT2D eigenvalue weighted by Crippen LogP contribution is 2.24. The minimum absolute atomic E-state index is 0.113. The number of carbonyl (C=O) groups is 1. The van der Waals surface area contributed by atoms with Gasteiger partial charge in [0, 0.05) is 35.8 Å². The Balaban J connectivity index is 1.44. The second kappa shape index (κ2) is 8.89. The highest BCUT2D eigenvalue weighted by Gasteiger charge is 2.26. The summed E-state index contributed by atoms with van der Waals surface area (Å²) in [5, 5.41) is 7.87. The van der Waals surface area contributed by atoms with E-state index in [2.05, 4.69) is 15.3 Å². The Morgan fingerprint density at radius 2 is 1.90 bits per heavy atom. The van der Waals surface area contributed by atoms with Gasteiger partial charge in [0.05, 0.1) is 5.69 Å². The van der Waals surface area contributed by atoms with Crippen LogP contribution in [0.2, 0.25) is 5.02 Å². The molecular weight excluding hydrogens is 419 g/mol. The fourth-order valence-electron chi connectivity index (χ4n) is 3.65. The number of aryl methyl sites for hydroxylation is 1. The van der Waals surface area contributed by atoms with E-state index in [1.807, 2.05) is 19.1 Å². The Hall–Kier alpha value is -3.19. The van der Waals surface area contributed by atoms with Gasteiger partial charge in [0.25, 0.3) is 5.56 Å². The van der Waals surface area contributed by atoms with Gasteiger partial charge >= 0.3 is 0 Å². The van der Waals surface area contributed by atoms with Crippen LogP contribution in [0.25, 0.3) is 5.69 Å². The summed E-state index contributed by atoms with van der Waals surface area (Å²) in [6.07, 6.45) is 1.27. The average molecular weight is 441 g/mol. The van der Waals surface area contributed by atoms with Crippen molar-refractivity contribution < 1.29 is 9.18 Å². The highest BCUT2D eigenvalue weighted by molar-refractivity contribution is 6.31. The van der Waals surface area contributed by atoms with E-state index in [0.29, 0.717) is 48.1 Å². The zero-order chi connectivity index (χ0) is 22.0. The molecule has 6 nitrogen and oxygen atoms in total. The van der Waals surface area contributed by atoms with Crippen LogP contribution in [0.4, 0.5) is 15.9 Å². The van der Waals surface area contributed by atoms with E-state index >= 15 is 0 Å². The molecule has 160 valence electrons. The van der Waals surface area contributed by atoms with Crippen molar-refractivity contribution in [3.05, 3.63) is 81.4 Å². The van der Waals surface area contributed by atoms with E-state index < -0.39 is 0 Å². The van der Waals surface area contributed by atoms with Gasteiger partial charge in [-0.05, 0) is 61.7 Å². The van der Waals surface area contributed by atoms with Crippen LogP contribution in [-0.2, 0) is 4.79 Å². The SMILES string of the molecule is Cc1ccc(-n2nc(N3CCC(C(=O)Nc4cccc(F)c4)CC3)ccc2=O)cc1Cl. The van der Waals surface area contributed by atoms with Crippen molar-refractivity contribution in [2.45, 2.75) is 19.8 Å². The largest absolute Gasteiger partial charge is 0.355 e. The van der Waals surface area contributed by atoms with Crippen molar-refractivity contribution in [1.29, 1.82) is 0 Å². The van der Waals surface area contributed by atoms with E-state index in [4.69, 9.17) is 11.6 Å². The first kappa shape index (κ1) is 21.1. The van der Waals surface area contributed by atoms with Gasteiger partial charge in [-0.25, -0.2) is 4.39 Å². The minimum atomic E-state index is -0.385. The summed E-state index contributed by atoms with van der Waals surface area (Å²) >= 11 is 6.20. The Morgan fingerprint density at radius 1 is 1.13 bits per heavy atom. The summed E-state index contributed by atoms with van der Waals surface area (Å²) in [5.74, 6) is 0.00257. The number of amides is 1. The molecule has 1 aliphatic rings. The number of aromatic nitrogens is 2. The molecule has 8 heteroatoms. The molecule has 1 N–H and O–H groups in total. The van der Waals surface area contributed by atoms with Crippen molar-refractivity contribution in [3.63, 3.8) is 0 Å². The fraction of sp³-hybridized carbons (Fsp3) is 0.261. The maximum atomic E-state index is 13.3. The lowest BCUT2D eigenvalue weighted by molar-refractivity contribution is -0.120. The normalized spacial score (nSPS) is 14.5. The predicted molar refractivity (Wildman–Crippen MR) is 120 cm³/mol. The van der Waals surface area contributed by atoms with Gasteiger partial charge in [-0.1, -0.05) is 23.7 Å². The zero-order valence-corrected chi connectivity index (χ0v) is 17.8. The van der Waals surface area contributed by atoms with Crippen molar-refractivity contribution in [2.75, 3.05) is 23.3 Å². The standard InChI is InChI=1S/C23H22ClFN4O2/c1-15-5-6-19(14-20(15)24)29-22(30)8-7-21(27-29)28-11-9-16(10-12-28)23(31)26-18-4-2-3-17(25)13-18/h2-8,13-14,16H,9-12H2,1H3,(H,26,31). The summed E-state index contributed by atoms with van der Waals surface area (Å²) in [5.41, 5.74) is 1.74. The molecule has 1 aliphatic heterocycles. The second-order valence-electron chi connectivity index (χ2n) is 7.64. The second-order valence-corrected chi connectivity index (χ2v) is 8.04. The van der Waals surface area contributed by atoms with Crippen LogP contribution in [-0.4, -0.2) is 28.8 Å². The third-order valence-corrected chi connectivity index (χ3v) is 5.88. The molecular formula is C23H22ClFN4O2. The molecule has 0 saturated carbocycles. The van der Waals surface area contributed by atoms with Gasteiger partial charge < -0.3 is 10.2 Å². The number of nitrogens with one attached hydrogen (secondary N) is 1. The molecule has 1 fully saturated rings. The lowest BCUT2D eigenvalue weighted by atomic mass is 9.96. The first-order chi connectivity index (χ1) is 14.9. The first-order valence-corrected chi connectivity index (χ1v) is 10.5. The molecule has 0 radical (unpaired) electrons. The van der Waals surface area contributed by atoms with Gasteiger partial charge in [0.15, 0.2) is 0 Å². The molecule has 31 heavy (non-hydrogen) atoms. The van der Waals surface area contributed by atoms with Crippen LogP contribution in [0.5, 0.6) is 0 Å². The van der Waals surface area contributed by atoms with Crippen molar-refractivity contribution in [3.8, 4) is 5.69 Å². The number of benzene rings is 2. The zero-order valence-electron chi connectivity index (χ0n) is 17.0. The lowest BCUT2D eigenvalue weighted by Crippen LogP contribution is -2.39. The Morgan fingerprint density at radius 3 is 2.61 bits per heavy atom. The molecule has 4 rings (SSSR count). The van der Waals surface area contributed by atoms with Crippen LogP contribution >= 0.6 is 11.6 Å². The van der Waals surface area contributed by atoms with Gasteiger partial charge in [-0.3, -0.25) is 9.59 Å². The molecule has 0 atom stereocenters. The quantitative estimate of drug-likeness (QED) is 0.660. The Bertz CT molecular complexity index is 1170. The topological polar surface area (TPSA) is 67.2 Å². The molecule has 2 heterocycles.